The Bertz CT molecular complexity index is 532. The number of likely N-dealkylation sites (tertiary alicyclic amines) is 1. The van der Waals surface area contributed by atoms with Crippen molar-refractivity contribution in [1.82, 2.24) is 4.90 Å². The van der Waals surface area contributed by atoms with Gasteiger partial charge in [0.05, 0.1) is 10.8 Å². The van der Waals surface area contributed by atoms with Crippen LogP contribution in [0.1, 0.15) is 25.5 Å². The minimum atomic E-state index is -0.797. The van der Waals surface area contributed by atoms with Crippen LogP contribution < -0.4 is 0 Å². The number of aliphatic carboxylic acids is 1. The normalized spacial score (nSPS) is 24.5. The molecule has 0 amide bonds. The Kier molecular flexibility index (Phi) is 4.04. The first-order valence-electron chi connectivity index (χ1n) is 6.62. The van der Waals surface area contributed by atoms with E-state index in [-0.39, 0.29) is 22.6 Å². The molecule has 1 aliphatic heterocycles. The third-order valence-electron chi connectivity index (χ3n) is 4.09. The first-order chi connectivity index (χ1) is 9.41. The van der Waals surface area contributed by atoms with Gasteiger partial charge in [-0.3, -0.25) is 19.8 Å². The molecule has 1 heterocycles. The Hall–Kier alpha value is -1.95. The molecule has 6 heteroatoms. The summed E-state index contributed by atoms with van der Waals surface area (Å²) in [5, 5.41) is 20.2. The van der Waals surface area contributed by atoms with Crippen molar-refractivity contribution in [1.29, 1.82) is 0 Å². The Morgan fingerprint density at radius 1 is 1.45 bits per heavy atom. The van der Waals surface area contributed by atoms with Crippen LogP contribution in [0, 0.1) is 22.0 Å². The van der Waals surface area contributed by atoms with Gasteiger partial charge in [-0.2, -0.15) is 0 Å². The lowest BCUT2D eigenvalue weighted by Gasteiger charge is -2.24. The molecule has 0 aromatic heterocycles. The second-order valence-electron chi connectivity index (χ2n) is 5.37. The van der Waals surface area contributed by atoms with Crippen LogP contribution in [0.3, 0.4) is 0 Å². The molecule has 1 aromatic rings. The molecule has 0 bridgehead atoms. The molecule has 0 radical (unpaired) electrons. The summed E-state index contributed by atoms with van der Waals surface area (Å²) in [6.07, 6.45) is 0. The standard InChI is InChI=1S/C14H18N2O4/c1-9-7-15(8-12(9)14(17)18)10(2)11-5-3-4-6-13(11)16(19)20/h3-6,9-10,12H,7-8H2,1-2H3,(H,17,18)/t9-,10?,12-/m1/s1. The van der Waals surface area contributed by atoms with Gasteiger partial charge in [0, 0.05) is 30.8 Å². The Balaban J connectivity index is 2.23. The van der Waals surface area contributed by atoms with Gasteiger partial charge in [-0.15, -0.1) is 0 Å². The van der Waals surface area contributed by atoms with Gasteiger partial charge < -0.3 is 5.11 Å². The van der Waals surface area contributed by atoms with Crippen LogP contribution in [-0.2, 0) is 4.79 Å². The summed E-state index contributed by atoms with van der Waals surface area (Å²) in [5.74, 6) is -1.15. The van der Waals surface area contributed by atoms with Crippen LogP contribution in [0.5, 0.6) is 0 Å². The molecule has 1 N–H and O–H groups in total. The van der Waals surface area contributed by atoms with Crippen LogP contribution in [0.4, 0.5) is 5.69 Å². The number of carboxylic acid groups (broad SMARTS) is 1. The molecule has 1 saturated heterocycles. The summed E-state index contributed by atoms with van der Waals surface area (Å²) in [6, 6.07) is 6.47. The average Bonchev–Trinajstić information content (AvgIpc) is 2.80. The number of carboxylic acids is 1. The number of hydrogen-bond donors (Lipinski definition) is 1. The largest absolute Gasteiger partial charge is 0.481 e. The highest BCUT2D eigenvalue weighted by molar-refractivity contribution is 5.71. The number of nitro benzene ring substituents is 1. The van der Waals surface area contributed by atoms with Crippen molar-refractivity contribution in [2.75, 3.05) is 13.1 Å². The summed E-state index contributed by atoms with van der Waals surface area (Å²) in [6.45, 7) is 4.87. The van der Waals surface area contributed by atoms with Crippen LogP contribution >= 0.6 is 0 Å². The zero-order chi connectivity index (χ0) is 14.9. The molecule has 6 nitrogen and oxygen atoms in total. The number of benzene rings is 1. The Labute approximate surface area is 117 Å². The summed E-state index contributed by atoms with van der Waals surface area (Å²) in [7, 11) is 0. The fraction of sp³-hybridized carbons (Fsp3) is 0.500. The van der Waals surface area contributed by atoms with Crippen molar-refractivity contribution in [3.8, 4) is 0 Å². The second-order valence-corrected chi connectivity index (χ2v) is 5.37. The van der Waals surface area contributed by atoms with E-state index >= 15 is 0 Å². The summed E-state index contributed by atoms with van der Waals surface area (Å²) in [5.41, 5.74) is 0.724. The van der Waals surface area contributed by atoms with Gasteiger partial charge in [0.2, 0.25) is 0 Å². The molecule has 2 rings (SSSR count). The number of carbonyl (C=O) groups is 1. The molecule has 0 spiro atoms. The molecular weight excluding hydrogens is 260 g/mol. The fourth-order valence-corrected chi connectivity index (χ4v) is 2.85. The maximum absolute atomic E-state index is 11.2. The molecule has 1 fully saturated rings. The number of rotatable bonds is 4. The molecule has 0 saturated carbocycles. The lowest BCUT2D eigenvalue weighted by molar-refractivity contribution is -0.386. The van der Waals surface area contributed by atoms with Crippen molar-refractivity contribution in [3.63, 3.8) is 0 Å². The molecule has 1 unspecified atom stereocenters. The van der Waals surface area contributed by atoms with E-state index in [1.807, 2.05) is 18.7 Å². The zero-order valence-electron chi connectivity index (χ0n) is 11.5. The number of hydrogen-bond acceptors (Lipinski definition) is 4. The molecule has 0 aliphatic carbocycles. The monoisotopic (exact) mass is 278 g/mol. The molecule has 1 aromatic carbocycles. The van der Waals surface area contributed by atoms with E-state index in [0.717, 1.165) is 0 Å². The van der Waals surface area contributed by atoms with E-state index in [1.165, 1.54) is 6.07 Å². The highest BCUT2D eigenvalue weighted by Gasteiger charge is 2.38. The lowest BCUT2D eigenvalue weighted by Crippen LogP contribution is -2.26. The maximum Gasteiger partial charge on any atom is 0.308 e. The first-order valence-corrected chi connectivity index (χ1v) is 6.62. The second kappa shape index (κ2) is 5.58. The summed E-state index contributed by atoms with van der Waals surface area (Å²) < 4.78 is 0. The van der Waals surface area contributed by atoms with Crippen LogP contribution in [0.25, 0.3) is 0 Å². The van der Waals surface area contributed by atoms with Gasteiger partial charge in [0.25, 0.3) is 5.69 Å². The molecule has 20 heavy (non-hydrogen) atoms. The predicted octanol–water partition coefficient (Wildman–Crippen LogP) is 2.31. The Morgan fingerprint density at radius 3 is 2.65 bits per heavy atom. The van der Waals surface area contributed by atoms with E-state index in [2.05, 4.69) is 0 Å². The quantitative estimate of drug-likeness (QED) is 0.675. The van der Waals surface area contributed by atoms with Gasteiger partial charge in [-0.1, -0.05) is 25.1 Å². The number of nitro groups is 1. The van der Waals surface area contributed by atoms with Gasteiger partial charge >= 0.3 is 5.97 Å². The Morgan fingerprint density at radius 2 is 2.10 bits per heavy atom. The van der Waals surface area contributed by atoms with Crippen LogP contribution in [0.15, 0.2) is 24.3 Å². The summed E-state index contributed by atoms with van der Waals surface area (Å²) >= 11 is 0. The highest BCUT2D eigenvalue weighted by atomic mass is 16.6. The third kappa shape index (κ3) is 2.65. The van der Waals surface area contributed by atoms with Gasteiger partial charge in [-0.05, 0) is 12.8 Å². The van der Waals surface area contributed by atoms with Gasteiger partial charge in [-0.25, -0.2) is 0 Å². The van der Waals surface area contributed by atoms with Crippen molar-refractivity contribution in [2.24, 2.45) is 11.8 Å². The fourth-order valence-electron chi connectivity index (χ4n) is 2.85. The minimum absolute atomic E-state index is 0.0534. The van der Waals surface area contributed by atoms with E-state index in [0.29, 0.717) is 18.7 Å². The lowest BCUT2D eigenvalue weighted by atomic mass is 9.99. The van der Waals surface area contributed by atoms with Crippen molar-refractivity contribution in [2.45, 2.75) is 19.9 Å². The number of nitrogens with zero attached hydrogens (tertiary/aromatic N) is 2. The predicted molar refractivity (Wildman–Crippen MR) is 73.4 cm³/mol. The van der Waals surface area contributed by atoms with Crippen molar-refractivity contribution < 1.29 is 14.8 Å². The van der Waals surface area contributed by atoms with E-state index in [1.54, 1.807) is 18.2 Å². The van der Waals surface area contributed by atoms with Crippen LogP contribution in [-0.4, -0.2) is 34.0 Å². The van der Waals surface area contributed by atoms with E-state index in [9.17, 15) is 14.9 Å². The van der Waals surface area contributed by atoms with Crippen LogP contribution in [0.2, 0.25) is 0 Å². The first kappa shape index (κ1) is 14.5. The smallest absolute Gasteiger partial charge is 0.308 e. The molecule has 3 atom stereocenters. The van der Waals surface area contributed by atoms with Gasteiger partial charge in [0.15, 0.2) is 0 Å². The van der Waals surface area contributed by atoms with E-state index < -0.39 is 11.9 Å². The third-order valence-corrected chi connectivity index (χ3v) is 4.09. The topological polar surface area (TPSA) is 83.7 Å². The SMILES string of the molecule is CC(c1ccccc1[N+](=O)[O-])N1C[C@@H](C)[C@H](C(=O)O)C1. The van der Waals surface area contributed by atoms with Crippen molar-refractivity contribution >= 4 is 11.7 Å². The summed E-state index contributed by atoms with van der Waals surface area (Å²) in [4.78, 5) is 23.8. The molecule has 108 valence electrons. The highest BCUT2D eigenvalue weighted by Crippen LogP contribution is 2.34. The average molecular weight is 278 g/mol. The van der Waals surface area contributed by atoms with Gasteiger partial charge in [0.1, 0.15) is 0 Å². The molecule has 1 aliphatic rings. The van der Waals surface area contributed by atoms with E-state index in [4.69, 9.17) is 5.11 Å². The number of para-hydroxylation sites is 1. The molecular formula is C14H18N2O4. The van der Waals surface area contributed by atoms with Crippen molar-refractivity contribution in [3.05, 3.63) is 39.9 Å². The zero-order valence-corrected chi connectivity index (χ0v) is 11.5. The minimum Gasteiger partial charge on any atom is -0.481 e. The maximum atomic E-state index is 11.2.